The second-order valence-electron chi connectivity index (χ2n) is 6.74. The van der Waals surface area contributed by atoms with E-state index < -0.39 is 23.3 Å². The minimum Gasteiger partial charge on any atom is -0.303 e. The third-order valence-electron chi connectivity index (χ3n) is 4.72. The van der Waals surface area contributed by atoms with Crippen molar-refractivity contribution in [3.05, 3.63) is 92.2 Å². The van der Waals surface area contributed by atoms with E-state index in [0.29, 0.717) is 16.4 Å². The summed E-state index contributed by atoms with van der Waals surface area (Å²) in [6, 6.07) is 11.9. The Hall–Kier alpha value is -3.65. The predicted octanol–water partition coefficient (Wildman–Crippen LogP) is 3.36. The molecule has 0 unspecified atom stereocenters. The topological polar surface area (TPSA) is 87.2 Å². The number of hydrogen-bond acceptors (Lipinski definition) is 3. The molecule has 2 heterocycles. The molecule has 0 aliphatic carbocycles. The van der Waals surface area contributed by atoms with Crippen LogP contribution in [0.5, 0.6) is 0 Å². The average molecular weight is 427 g/mol. The number of nitrogens with one attached hydrogen (secondary N) is 2. The van der Waals surface area contributed by atoms with E-state index in [4.69, 9.17) is 11.6 Å². The van der Waals surface area contributed by atoms with Crippen molar-refractivity contribution in [1.29, 1.82) is 0 Å². The third-order valence-corrected chi connectivity index (χ3v) is 4.96. The number of amides is 3. The van der Waals surface area contributed by atoms with Gasteiger partial charge in [-0.15, -0.1) is 0 Å². The molecule has 3 amide bonds. The van der Waals surface area contributed by atoms with Crippen molar-refractivity contribution in [2.45, 2.75) is 13.5 Å². The van der Waals surface area contributed by atoms with Gasteiger partial charge in [-0.1, -0.05) is 35.9 Å². The lowest BCUT2D eigenvalue weighted by Gasteiger charge is -2.12. The van der Waals surface area contributed by atoms with Crippen LogP contribution in [-0.2, 0) is 11.3 Å². The minimum absolute atomic E-state index is 0.0613. The number of imide groups is 1. The highest BCUT2D eigenvalue weighted by Crippen LogP contribution is 2.19. The van der Waals surface area contributed by atoms with Crippen LogP contribution in [0.15, 0.2) is 59.0 Å². The number of halogens is 2. The van der Waals surface area contributed by atoms with Crippen LogP contribution in [0.3, 0.4) is 0 Å². The van der Waals surface area contributed by atoms with Crippen molar-refractivity contribution in [3.63, 3.8) is 0 Å². The maximum Gasteiger partial charge on any atom is 0.329 e. The van der Waals surface area contributed by atoms with Crippen molar-refractivity contribution in [2.75, 3.05) is 0 Å². The second-order valence-corrected chi connectivity index (χ2v) is 7.18. The van der Waals surface area contributed by atoms with Gasteiger partial charge in [-0.3, -0.25) is 19.6 Å². The first-order valence-electron chi connectivity index (χ1n) is 9.00. The summed E-state index contributed by atoms with van der Waals surface area (Å²) in [5, 5.41) is 5.84. The van der Waals surface area contributed by atoms with Crippen molar-refractivity contribution >= 4 is 29.6 Å². The van der Waals surface area contributed by atoms with Crippen molar-refractivity contribution in [2.24, 2.45) is 0 Å². The molecule has 1 fully saturated rings. The average Bonchev–Trinajstić information content (AvgIpc) is 3.14. The zero-order valence-corrected chi connectivity index (χ0v) is 16.5. The fourth-order valence-electron chi connectivity index (χ4n) is 3.18. The van der Waals surface area contributed by atoms with Gasteiger partial charge in [0.25, 0.3) is 11.5 Å². The molecule has 2 aromatic carbocycles. The first-order valence-corrected chi connectivity index (χ1v) is 9.38. The van der Waals surface area contributed by atoms with Crippen LogP contribution in [0.1, 0.15) is 16.8 Å². The van der Waals surface area contributed by atoms with Crippen molar-refractivity contribution in [3.8, 4) is 5.69 Å². The van der Waals surface area contributed by atoms with Crippen LogP contribution >= 0.6 is 11.6 Å². The summed E-state index contributed by atoms with van der Waals surface area (Å²) < 4.78 is 15.2. The molecule has 4 rings (SSSR count). The molecule has 1 aliphatic heterocycles. The van der Waals surface area contributed by atoms with E-state index in [2.05, 4.69) is 10.4 Å². The van der Waals surface area contributed by atoms with E-state index in [1.54, 1.807) is 37.3 Å². The lowest BCUT2D eigenvalue weighted by atomic mass is 10.2. The van der Waals surface area contributed by atoms with Gasteiger partial charge in [0.05, 0.1) is 17.8 Å². The zero-order chi connectivity index (χ0) is 21.4. The zero-order valence-electron chi connectivity index (χ0n) is 15.8. The van der Waals surface area contributed by atoms with E-state index in [1.165, 1.54) is 29.0 Å². The van der Waals surface area contributed by atoms with Crippen LogP contribution in [0.2, 0.25) is 5.02 Å². The Labute approximate surface area is 175 Å². The van der Waals surface area contributed by atoms with E-state index in [1.807, 2.05) is 0 Å². The van der Waals surface area contributed by atoms with Gasteiger partial charge in [0.2, 0.25) is 0 Å². The Morgan fingerprint density at radius 2 is 1.87 bits per heavy atom. The van der Waals surface area contributed by atoms with Gasteiger partial charge < -0.3 is 5.32 Å². The first-order chi connectivity index (χ1) is 14.3. The van der Waals surface area contributed by atoms with Gasteiger partial charge in [0.1, 0.15) is 11.5 Å². The molecule has 9 heteroatoms. The van der Waals surface area contributed by atoms with Crippen LogP contribution < -0.4 is 10.9 Å². The maximum atomic E-state index is 13.9. The van der Waals surface area contributed by atoms with Gasteiger partial charge in [0.15, 0.2) is 0 Å². The van der Waals surface area contributed by atoms with Gasteiger partial charge in [-0.25, -0.2) is 13.9 Å². The third kappa shape index (κ3) is 3.53. The fraction of sp³-hybridized carbons (Fsp3) is 0.0952. The maximum absolute atomic E-state index is 13.9. The molecule has 1 aromatic heterocycles. The molecule has 2 N–H and O–H groups in total. The lowest BCUT2D eigenvalue weighted by molar-refractivity contribution is -0.123. The number of benzene rings is 2. The standard InChI is InChI=1S/C21H16ClFN4O3/c1-12-16(19(28)27(25-12)15-7-4-6-14(22)9-15)10-18-20(29)26(21(30)24-18)11-13-5-2-3-8-17(13)23/h2-10,25H,11H2,1H3,(H,24,30)/b18-10-. The molecule has 1 saturated heterocycles. The second kappa shape index (κ2) is 7.64. The predicted molar refractivity (Wildman–Crippen MR) is 110 cm³/mol. The summed E-state index contributed by atoms with van der Waals surface area (Å²) >= 11 is 5.99. The quantitative estimate of drug-likeness (QED) is 0.495. The minimum atomic E-state index is -0.683. The van der Waals surface area contributed by atoms with Crippen LogP contribution in [0.4, 0.5) is 9.18 Å². The summed E-state index contributed by atoms with van der Waals surface area (Å²) in [6.07, 6.45) is 1.32. The largest absolute Gasteiger partial charge is 0.329 e. The van der Waals surface area contributed by atoms with Crippen LogP contribution in [-0.4, -0.2) is 26.6 Å². The van der Waals surface area contributed by atoms with E-state index in [-0.39, 0.29) is 23.4 Å². The van der Waals surface area contributed by atoms with Crippen LogP contribution in [0, 0.1) is 12.7 Å². The summed E-state index contributed by atoms with van der Waals surface area (Å²) in [6.45, 7) is 1.46. The number of rotatable bonds is 4. The molecule has 0 atom stereocenters. The number of H-pyrrole nitrogens is 1. The number of aryl methyl sites for hydroxylation is 1. The fourth-order valence-corrected chi connectivity index (χ4v) is 3.37. The highest BCUT2D eigenvalue weighted by molar-refractivity contribution is 6.30. The molecule has 0 saturated carbocycles. The van der Waals surface area contributed by atoms with E-state index in [9.17, 15) is 18.8 Å². The summed E-state index contributed by atoms with van der Waals surface area (Å²) in [5.41, 5.74) is 0.991. The number of urea groups is 1. The Kier molecular flexibility index (Phi) is 5.01. The number of carbonyl (C=O) groups is 2. The van der Waals surface area contributed by atoms with Crippen LogP contribution in [0.25, 0.3) is 11.8 Å². The molecular weight excluding hydrogens is 411 g/mol. The number of nitrogens with zero attached hydrogens (tertiary/aromatic N) is 2. The number of aromatic amines is 1. The van der Waals surface area contributed by atoms with Crippen molar-refractivity contribution < 1.29 is 14.0 Å². The van der Waals surface area contributed by atoms with Gasteiger partial charge in [0, 0.05) is 16.3 Å². The molecule has 0 spiro atoms. The van der Waals surface area contributed by atoms with E-state index >= 15 is 0 Å². The van der Waals surface area contributed by atoms with Gasteiger partial charge in [-0.05, 0) is 37.3 Å². The molecular formula is C21H16ClFN4O3. The number of carbonyl (C=O) groups excluding carboxylic acids is 2. The summed E-state index contributed by atoms with van der Waals surface area (Å²) in [7, 11) is 0. The first kappa shape index (κ1) is 19.7. The number of aromatic nitrogens is 2. The normalized spacial score (nSPS) is 15.2. The Bertz CT molecular complexity index is 1260. The smallest absolute Gasteiger partial charge is 0.303 e. The Morgan fingerprint density at radius 3 is 2.60 bits per heavy atom. The molecule has 7 nitrogen and oxygen atoms in total. The molecule has 1 aliphatic rings. The molecule has 30 heavy (non-hydrogen) atoms. The summed E-state index contributed by atoms with van der Waals surface area (Å²) in [4.78, 5) is 38.7. The Balaban J connectivity index is 1.66. The molecule has 0 bridgehead atoms. The highest BCUT2D eigenvalue weighted by Gasteiger charge is 2.34. The lowest BCUT2D eigenvalue weighted by Crippen LogP contribution is -2.30. The van der Waals surface area contributed by atoms with Gasteiger partial charge in [-0.2, -0.15) is 0 Å². The molecule has 152 valence electrons. The number of hydrogen-bond donors (Lipinski definition) is 2. The highest BCUT2D eigenvalue weighted by atomic mass is 35.5. The van der Waals surface area contributed by atoms with E-state index in [0.717, 1.165) is 4.90 Å². The van der Waals surface area contributed by atoms with Crippen molar-refractivity contribution in [1.82, 2.24) is 20.0 Å². The molecule has 0 radical (unpaired) electrons. The molecule has 3 aromatic rings. The Morgan fingerprint density at radius 1 is 1.10 bits per heavy atom. The summed E-state index contributed by atoms with van der Waals surface area (Å²) in [5.74, 6) is -1.15. The monoisotopic (exact) mass is 426 g/mol. The SMILES string of the molecule is Cc1[nH]n(-c2cccc(Cl)c2)c(=O)c1/C=C1\NC(=O)N(Cc2ccccc2F)C1=O. The van der Waals surface area contributed by atoms with Gasteiger partial charge >= 0.3 is 6.03 Å².